The van der Waals surface area contributed by atoms with Crippen LogP contribution >= 0.6 is 0 Å². The zero-order valence-corrected chi connectivity index (χ0v) is 15.1. The molecule has 0 aromatic carbocycles. The molecule has 0 amide bonds. The van der Waals surface area contributed by atoms with Gasteiger partial charge in [0, 0.05) is 43.9 Å². The SMILES string of the molecule is CCCn1cc(CN2CCCN(Cc3noc(C4CC4)n3)CC2)cn1. The van der Waals surface area contributed by atoms with Crippen LogP contribution in [0, 0.1) is 0 Å². The molecule has 25 heavy (non-hydrogen) atoms. The molecule has 1 saturated carbocycles. The Hall–Kier alpha value is -1.73. The van der Waals surface area contributed by atoms with E-state index in [0.29, 0.717) is 5.92 Å². The summed E-state index contributed by atoms with van der Waals surface area (Å²) in [5.74, 6) is 2.22. The molecular weight excluding hydrogens is 316 g/mol. The van der Waals surface area contributed by atoms with Crippen LogP contribution in [-0.2, 0) is 19.6 Å². The quantitative estimate of drug-likeness (QED) is 0.768. The number of aryl methyl sites for hydroxylation is 1. The number of hydrogen-bond acceptors (Lipinski definition) is 6. The third-order valence-electron chi connectivity index (χ3n) is 5.00. The lowest BCUT2D eigenvalue weighted by Gasteiger charge is -2.20. The summed E-state index contributed by atoms with van der Waals surface area (Å²) in [5.41, 5.74) is 1.31. The Labute approximate surface area is 149 Å². The number of nitrogens with zero attached hydrogens (tertiary/aromatic N) is 6. The van der Waals surface area contributed by atoms with Crippen LogP contribution < -0.4 is 0 Å². The second kappa shape index (κ2) is 7.66. The fraction of sp³-hybridized carbons (Fsp3) is 0.722. The van der Waals surface area contributed by atoms with Crippen molar-refractivity contribution < 1.29 is 4.52 Å². The minimum absolute atomic E-state index is 0.537. The van der Waals surface area contributed by atoms with Gasteiger partial charge in [0.1, 0.15) is 0 Å². The Bertz CT molecular complexity index is 677. The average molecular weight is 344 g/mol. The molecular formula is C18H28N6O. The Morgan fingerprint density at radius 3 is 2.68 bits per heavy atom. The first-order chi connectivity index (χ1) is 12.3. The molecule has 2 fully saturated rings. The number of hydrogen-bond donors (Lipinski definition) is 0. The van der Waals surface area contributed by atoms with Crippen molar-refractivity contribution in [2.24, 2.45) is 0 Å². The monoisotopic (exact) mass is 344 g/mol. The lowest BCUT2D eigenvalue weighted by atomic mass is 10.3. The van der Waals surface area contributed by atoms with Crippen LogP contribution in [0.5, 0.6) is 0 Å². The smallest absolute Gasteiger partial charge is 0.229 e. The summed E-state index contributed by atoms with van der Waals surface area (Å²) in [4.78, 5) is 9.53. The van der Waals surface area contributed by atoms with Crippen LogP contribution in [0.2, 0.25) is 0 Å². The van der Waals surface area contributed by atoms with Gasteiger partial charge in [0.15, 0.2) is 5.82 Å². The summed E-state index contributed by atoms with van der Waals surface area (Å²) in [6, 6.07) is 0. The Morgan fingerprint density at radius 2 is 1.92 bits per heavy atom. The van der Waals surface area contributed by atoms with E-state index in [4.69, 9.17) is 4.52 Å². The van der Waals surface area contributed by atoms with Gasteiger partial charge in [-0.25, -0.2) is 0 Å². The van der Waals surface area contributed by atoms with E-state index in [1.165, 1.54) is 24.8 Å². The topological polar surface area (TPSA) is 63.2 Å². The second-order valence-electron chi connectivity index (χ2n) is 7.34. The van der Waals surface area contributed by atoms with E-state index in [1.807, 2.05) is 10.9 Å². The molecule has 0 atom stereocenters. The molecule has 0 radical (unpaired) electrons. The molecule has 1 aliphatic heterocycles. The molecule has 0 unspecified atom stereocenters. The van der Waals surface area contributed by atoms with Crippen molar-refractivity contribution in [3.05, 3.63) is 29.7 Å². The Kier molecular flexibility index (Phi) is 5.12. The minimum atomic E-state index is 0.537. The first kappa shape index (κ1) is 16.7. The zero-order valence-electron chi connectivity index (χ0n) is 15.1. The molecule has 1 saturated heterocycles. The zero-order chi connectivity index (χ0) is 17.1. The lowest BCUT2D eigenvalue weighted by molar-refractivity contribution is 0.241. The number of aromatic nitrogens is 4. The van der Waals surface area contributed by atoms with Crippen molar-refractivity contribution in [3.8, 4) is 0 Å². The molecule has 0 spiro atoms. The molecule has 3 heterocycles. The fourth-order valence-corrected chi connectivity index (χ4v) is 3.47. The van der Waals surface area contributed by atoms with E-state index < -0.39 is 0 Å². The van der Waals surface area contributed by atoms with E-state index in [0.717, 1.165) is 63.9 Å². The average Bonchev–Trinajstić information content (AvgIpc) is 3.26. The summed E-state index contributed by atoms with van der Waals surface area (Å²) in [6.07, 6.45) is 8.90. The van der Waals surface area contributed by atoms with Crippen molar-refractivity contribution in [2.45, 2.75) is 58.2 Å². The highest BCUT2D eigenvalue weighted by molar-refractivity contribution is 5.04. The molecule has 0 N–H and O–H groups in total. The van der Waals surface area contributed by atoms with Crippen LogP contribution in [-0.4, -0.2) is 55.9 Å². The predicted molar refractivity (Wildman–Crippen MR) is 94.0 cm³/mol. The van der Waals surface area contributed by atoms with Crippen molar-refractivity contribution >= 4 is 0 Å². The summed E-state index contributed by atoms with van der Waals surface area (Å²) in [5, 5.41) is 8.60. The first-order valence-electron chi connectivity index (χ1n) is 9.58. The number of rotatable bonds is 7. The van der Waals surface area contributed by atoms with Gasteiger partial charge in [-0.15, -0.1) is 0 Å². The van der Waals surface area contributed by atoms with Gasteiger partial charge in [0.25, 0.3) is 0 Å². The minimum Gasteiger partial charge on any atom is -0.339 e. The van der Waals surface area contributed by atoms with Gasteiger partial charge in [-0.05, 0) is 38.8 Å². The molecule has 2 aromatic heterocycles. The summed E-state index contributed by atoms with van der Waals surface area (Å²) in [7, 11) is 0. The highest BCUT2D eigenvalue weighted by Gasteiger charge is 2.29. The van der Waals surface area contributed by atoms with Gasteiger partial charge in [0.05, 0.1) is 12.7 Å². The van der Waals surface area contributed by atoms with E-state index in [2.05, 4.69) is 38.2 Å². The largest absolute Gasteiger partial charge is 0.339 e. The lowest BCUT2D eigenvalue weighted by Crippen LogP contribution is -2.30. The Morgan fingerprint density at radius 1 is 1.12 bits per heavy atom. The van der Waals surface area contributed by atoms with Gasteiger partial charge in [-0.2, -0.15) is 10.1 Å². The molecule has 0 bridgehead atoms. The van der Waals surface area contributed by atoms with Crippen LogP contribution in [0.15, 0.2) is 16.9 Å². The maximum atomic E-state index is 5.38. The van der Waals surface area contributed by atoms with Crippen molar-refractivity contribution in [1.82, 2.24) is 29.7 Å². The van der Waals surface area contributed by atoms with Crippen LogP contribution in [0.25, 0.3) is 0 Å². The normalized spacial score (nSPS) is 20.0. The molecule has 1 aliphatic carbocycles. The first-order valence-corrected chi connectivity index (χ1v) is 9.58. The van der Waals surface area contributed by atoms with E-state index in [9.17, 15) is 0 Å². The van der Waals surface area contributed by atoms with Crippen molar-refractivity contribution in [3.63, 3.8) is 0 Å². The molecule has 2 aromatic rings. The third kappa shape index (κ3) is 4.46. The maximum absolute atomic E-state index is 5.38. The van der Waals surface area contributed by atoms with Crippen LogP contribution in [0.4, 0.5) is 0 Å². The summed E-state index contributed by atoms with van der Waals surface area (Å²) < 4.78 is 7.42. The maximum Gasteiger partial charge on any atom is 0.229 e. The van der Waals surface area contributed by atoms with E-state index in [1.54, 1.807) is 0 Å². The predicted octanol–water partition coefficient (Wildman–Crippen LogP) is 2.26. The van der Waals surface area contributed by atoms with Gasteiger partial charge < -0.3 is 4.52 Å². The molecule has 4 rings (SSSR count). The molecule has 136 valence electrons. The second-order valence-corrected chi connectivity index (χ2v) is 7.34. The van der Waals surface area contributed by atoms with E-state index >= 15 is 0 Å². The van der Waals surface area contributed by atoms with E-state index in [-0.39, 0.29) is 0 Å². The highest BCUT2D eigenvalue weighted by atomic mass is 16.5. The third-order valence-corrected chi connectivity index (χ3v) is 5.00. The van der Waals surface area contributed by atoms with Crippen LogP contribution in [0.1, 0.15) is 55.8 Å². The van der Waals surface area contributed by atoms with Crippen molar-refractivity contribution in [1.29, 1.82) is 0 Å². The Balaban J connectivity index is 1.27. The molecule has 7 nitrogen and oxygen atoms in total. The van der Waals surface area contributed by atoms with Crippen molar-refractivity contribution in [2.75, 3.05) is 26.2 Å². The molecule has 2 aliphatic rings. The van der Waals surface area contributed by atoms with Gasteiger partial charge in [-0.3, -0.25) is 14.5 Å². The summed E-state index contributed by atoms with van der Waals surface area (Å²) >= 11 is 0. The van der Waals surface area contributed by atoms with Gasteiger partial charge in [-0.1, -0.05) is 12.1 Å². The van der Waals surface area contributed by atoms with Gasteiger partial charge >= 0.3 is 0 Å². The fourth-order valence-electron chi connectivity index (χ4n) is 3.47. The summed E-state index contributed by atoms with van der Waals surface area (Å²) in [6.45, 7) is 9.34. The highest BCUT2D eigenvalue weighted by Crippen LogP contribution is 2.38. The van der Waals surface area contributed by atoms with Gasteiger partial charge in [0.2, 0.25) is 5.89 Å². The van der Waals surface area contributed by atoms with Crippen LogP contribution in [0.3, 0.4) is 0 Å². The molecule has 7 heteroatoms. The standard InChI is InChI=1S/C18H28N6O/c1-2-6-24-13-15(11-19-24)12-22-7-3-8-23(10-9-22)14-17-20-18(25-21-17)16-4-5-16/h11,13,16H,2-10,12,14H2,1H3.